The second-order valence-electron chi connectivity index (χ2n) is 7.57. The summed E-state index contributed by atoms with van der Waals surface area (Å²) < 4.78 is 6.61. The Labute approximate surface area is 133 Å². The van der Waals surface area contributed by atoms with E-state index in [0.717, 1.165) is 24.6 Å². The second-order valence-corrected chi connectivity index (χ2v) is 12.7. The van der Waals surface area contributed by atoms with Gasteiger partial charge in [0.2, 0.25) is 0 Å². The van der Waals surface area contributed by atoms with E-state index in [-0.39, 0.29) is 11.1 Å². The van der Waals surface area contributed by atoms with Gasteiger partial charge >= 0.3 is 0 Å². The number of fused-ring (bicyclic) bond motifs is 4. The monoisotopic (exact) mass is 325 g/mol. The third-order valence-corrected chi connectivity index (χ3v) is 9.74. The molecule has 116 valence electrons. The van der Waals surface area contributed by atoms with Crippen LogP contribution in [0.4, 0.5) is 11.5 Å². The number of aromatic nitrogens is 1. The van der Waals surface area contributed by atoms with Crippen molar-refractivity contribution in [3.8, 4) is 0 Å². The Bertz CT molecular complexity index is 558. The quantitative estimate of drug-likeness (QED) is 0.664. The minimum atomic E-state index is -1.76. The molecule has 21 heavy (non-hydrogen) atoms. The van der Waals surface area contributed by atoms with Crippen LogP contribution >= 0.6 is 11.6 Å². The number of hydrogen-bond acceptors (Lipinski definition) is 4. The van der Waals surface area contributed by atoms with Crippen molar-refractivity contribution < 1.29 is 4.43 Å². The molecular weight excluding hydrogens is 302 g/mol. The summed E-state index contributed by atoms with van der Waals surface area (Å²) in [7, 11) is -1.76. The number of hydrogen-bond donors (Lipinski definition) is 1. The SMILES string of the molecule is CC(C)(C)[Si](C)(C)O[C@@H]1CN2C[C@H]1Nc1nc(Cl)ccc12. The van der Waals surface area contributed by atoms with E-state index in [0.29, 0.717) is 11.2 Å². The minimum Gasteiger partial charge on any atom is -0.410 e. The molecule has 1 aromatic heterocycles. The van der Waals surface area contributed by atoms with Crippen LogP contribution in [0, 0.1) is 0 Å². The molecule has 0 unspecified atom stereocenters. The van der Waals surface area contributed by atoms with Gasteiger partial charge in [0.15, 0.2) is 14.1 Å². The van der Waals surface area contributed by atoms with Gasteiger partial charge < -0.3 is 14.6 Å². The Morgan fingerprint density at radius 1 is 1.33 bits per heavy atom. The van der Waals surface area contributed by atoms with Crippen molar-refractivity contribution in [2.24, 2.45) is 0 Å². The lowest BCUT2D eigenvalue weighted by Crippen LogP contribution is -2.48. The highest BCUT2D eigenvalue weighted by atomic mass is 35.5. The molecule has 1 saturated heterocycles. The third kappa shape index (κ3) is 2.67. The fraction of sp³-hybridized carbons (Fsp3) is 0.667. The van der Waals surface area contributed by atoms with Crippen LogP contribution in [0.15, 0.2) is 12.1 Å². The molecule has 2 atom stereocenters. The molecule has 3 rings (SSSR count). The van der Waals surface area contributed by atoms with Crippen molar-refractivity contribution in [3.63, 3.8) is 0 Å². The van der Waals surface area contributed by atoms with E-state index >= 15 is 0 Å². The van der Waals surface area contributed by atoms with E-state index in [1.54, 1.807) is 0 Å². The van der Waals surface area contributed by atoms with Gasteiger partial charge in [-0.05, 0) is 30.3 Å². The summed E-state index contributed by atoms with van der Waals surface area (Å²) in [6.45, 7) is 13.4. The summed E-state index contributed by atoms with van der Waals surface area (Å²) in [5, 5.41) is 4.28. The summed E-state index contributed by atoms with van der Waals surface area (Å²) in [6.07, 6.45) is 0.221. The first kappa shape index (κ1) is 15.1. The Hall–Kier alpha value is -0.783. The Morgan fingerprint density at radius 3 is 2.71 bits per heavy atom. The Kier molecular flexibility index (Phi) is 3.50. The number of rotatable bonds is 2. The molecule has 0 aromatic carbocycles. The summed E-state index contributed by atoms with van der Waals surface area (Å²) in [4.78, 5) is 6.76. The smallest absolute Gasteiger partial charge is 0.192 e. The van der Waals surface area contributed by atoms with Crippen LogP contribution in [0.2, 0.25) is 23.3 Å². The van der Waals surface area contributed by atoms with Crippen LogP contribution in [-0.2, 0) is 4.43 Å². The summed E-state index contributed by atoms with van der Waals surface area (Å²) in [6, 6.07) is 4.20. The lowest BCUT2D eigenvalue weighted by molar-refractivity contribution is 0.192. The highest BCUT2D eigenvalue weighted by Crippen LogP contribution is 2.41. The van der Waals surface area contributed by atoms with E-state index in [2.05, 4.69) is 49.1 Å². The molecule has 6 heteroatoms. The summed E-state index contributed by atoms with van der Waals surface area (Å²) >= 11 is 6.00. The number of nitrogens with one attached hydrogen (secondary N) is 1. The lowest BCUT2D eigenvalue weighted by atomic mass is 10.2. The molecular formula is C15H24ClN3OSi. The van der Waals surface area contributed by atoms with Crippen molar-refractivity contribution in [1.82, 2.24) is 4.98 Å². The topological polar surface area (TPSA) is 37.4 Å². The predicted octanol–water partition coefficient (Wildman–Crippen LogP) is 3.74. The van der Waals surface area contributed by atoms with Gasteiger partial charge in [0.05, 0.1) is 17.8 Å². The molecule has 0 spiro atoms. The largest absolute Gasteiger partial charge is 0.410 e. The van der Waals surface area contributed by atoms with E-state index in [4.69, 9.17) is 16.0 Å². The lowest BCUT2D eigenvalue weighted by Gasteiger charge is -2.39. The van der Waals surface area contributed by atoms with Gasteiger partial charge in [0, 0.05) is 13.1 Å². The van der Waals surface area contributed by atoms with E-state index in [9.17, 15) is 0 Å². The molecule has 2 bridgehead atoms. The van der Waals surface area contributed by atoms with Crippen LogP contribution in [0.1, 0.15) is 20.8 Å². The fourth-order valence-electron chi connectivity index (χ4n) is 2.75. The highest BCUT2D eigenvalue weighted by Gasteiger charge is 2.45. The molecule has 4 nitrogen and oxygen atoms in total. The zero-order valence-corrected chi connectivity index (χ0v) is 15.2. The fourth-order valence-corrected chi connectivity index (χ4v) is 4.25. The zero-order chi connectivity index (χ0) is 15.4. The first-order valence-corrected chi connectivity index (χ1v) is 10.8. The van der Waals surface area contributed by atoms with Crippen molar-refractivity contribution in [1.29, 1.82) is 0 Å². The van der Waals surface area contributed by atoms with Gasteiger partial charge in [-0.2, -0.15) is 0 Å². The second kappa shape index (κ2) is 4.86. The van der Waals surface area contributed by atoms with Crippen molar-refractivity contribution in [2.75, 3.05) is 23.3 Å². The standard InChI is InChI=1S/C15H24ClN3OSi/c1-15(2,3)21(4,5)20-12-9-19-8-10(12)17-14-11(19)6-7-13(16)18-14/h6-7,10,12H,8-9H2,1-5H3,(H,17,18)/t10-,12-/m1/s1. The number of halogens is 1. The molecule has 2 aliphatic heterocycles. The molecule has 1 N–H and O–H groups in total. The highest BCUT2D eigenvalue weighted by molar-refractivity contribution is 6.74. The van der Waals surface area contributed by atoms with Gasteiger partial charge in [-0.1, -0.05) is 32.4 Å². The molecule has 1 aromatic rings. The molecule has 2 aliphatic rings. The van der Waals surface area contributed by atoms with Crippen molar-refractivity contribution >= 4 is 31.4 Å². The third-order valence-electron chi connectivity index (χ3n) is 5.02. The van der Waals surface area contributed by atoms with E-state index in [1.807, 2.05) is 12.1 Å². The van der Waals surface area contributed by atoms with Crippen LogP contribution in [0.25, 0.3) is 0 Å². The van der Waals surface area contributed by atoms with Gasteiger partial charge in [-0.3, -0.25) is 0 Å². The Morgan fingerprint density at radius 2 is 2.05 bits per heavy atom. The van der Waals surface area contributed by atoms with E-state index < -0.39 is 8.32 Å². The molecule has 3 heterocycles. The summed E-state index contributed by atoms with van der Waals surface area (Å²) in [5.74, 6) is 0.889. The molecule has 0 saturated carbocycles. The normalized spacial score (nSPS) is 24.8. The predicted molar refractivity (Wildman–Crippen MR) is 90.9 cm³/mol. The van der Waals surface area contributed by atoms with Crippen LogP contribution in [0.5, 0.6) is 0 Å². The number of pyridine rings is 1. The summed E-state index contributed by atoms with van der Waals surface area (Å²) in [5.41, 5.74) is 1.14. The maximum absolute atomic E-state index is 6.61. The van der Waals surface area contributed by atoms with E-state index in [1.165, 1.54) is 0 Å². The zero-order valence-electron chi connectivity index (χ0n) is 13.4. The van der Waals surface area contributed by atoms with Crippen molar-refractivity contribution in [2.45, 2.75) is 51.0 Å². The molecule has 1 fully saturated rings. The number of anilines is 2. The Balaban J connectivity index is 1.80. The van der Waals surface area contributed by atoms with Gasteiger partial charge in [0.25, 0.3) is 0 Å². The number of nitrogens with zero attached hydrogens (tertiary/aromatic N) is 2. The average Bonchev–Trinajstić information content (AvgIpc) is 2.65. The van der Waals surface area contributed by atoms with Crippen molar-refractivity contribution in [3.05, 3.63) is 17.3 Å². The van der Waals surface area contributed by atoms with Crippen LogP contribution < -0.4 is 10.2 Å². The maximum atomic E-state index is 6.61. The van der Waals surface area contributed by atoms with Gasteiger partial charge in [-0.25, -0.2) is 4.98 Å². The minimum absolute atomic E-state index is 0.221. The maximum Gasteiger partial charge on any atom is 0.192 e. The average molecular weight is 326 g/mol. The molecule has 0 aliphatic carbocycles. The molecule has 0 amide bonds. The van der Waals surface area contributed by atoms with Gasteiger partial charge in [0.1, 0.15) is 5.15 Å². The first-order chi connectivity index (χ1) is 9.67. The van der Waals surface area contributed by atoms with Gasteiger partial charge in [-0.15, -0.1) is 0 Å². The first-order valence-electron chi connectivity index (χ1n) is 7.53. The van der Waals surface area contributed by atoms with Crippen LogP contribution in [-0.4, -0.2) is 38.5 Å². The molecule has 0 radical (unpaired) electrons. The van der Waals surface area contributed by atoms with Crippen LogP contribution in [0.3, 0.4) is 0 Å².